The summed E-state index contributed by atoms with van der Waals surface area (Å²) in [6, 6.07) is -0.912. The number of nitrogens with one attached hydrogen (secondary N) is 2. The van der Waals surface area contributed by atoms with E-state index in [-0.39, 0.29) is 29.3 Å². The van der Waals surface area contributed by atoms with Crippen LogP contribution in [0.1, 0.15) is 72.1 Å². The number of hydrogen-bond acceptors (Lipinski definition) is 4. The zero-order valence-corrected chi connectivity index (χ0v) is 17.9. The lowest BCUT2D eigenvalue weighted by molar-refractivity contribution is -0.145. The van der Waals surface area contributed by atoms with Crippen molar-refractivity contribution in [2.75, 3.05) is 6.54 Å². The van der Waals surface area contributed by atoms with Gasteiger partial charge in [-0.3, -0.25) is 9.59 Å². The van der Waals surface area contributed by atoms with Crippen molar-refractivity contribution in [1.29, 1.82) is 0 Å². The van der Waals surface area contributed by atoms with Gasteiger partial charge in [0, 0.05) is 18.0 Å². The summed E-state index contributed by atoms with van der Waals surface area (Å²) in [6.07, 6.45) is 10.3. The van der Waals surface area contributed by atoms with E-state index in [0.29, 0.717) is 19.4 Å². The number of carboxylic acid groups (broad SMARTS) is 1. The molecule has 7 heteroatoms. The van der Waals surface area contributed by atoms with Crippen LogP contribution in [0.3, 0.4) is 0 Å². The van der Waals surface area contributed by atoms with Crippen LogP contribution in [0.15, 0.2) is 12.2 Å². The number of rotatable bonds is 2. The topological polar surface area (TPSA) is 98.7 Å². The molecule has 0 bridgehead atoms. The van der Waals surface area contributed by atoms with Crippen LogP contribution in [0.2, 0.25) is 0 Å². The van der Waals surface area contributed by atoms with Crippen LogP contribution in [-0.4, -0.2) is 57.5 Å². The Bertz CT molecular complexity index is 684. The molecule has 3 N–H and O–H groups in total. The van der Waals surface area contributed by atoms with Crippen molar-refractivity contribution in [3.63, 3.8) is 0 Å². The van der Waals surface area contributed by atoms with Gasteiger partial charge in [0.15, 0.2) is 0 Å². The van der Waals surface area contributed by atoms with Gasteiger partial charge in [0.1, 0.15) is 11.6 Å². The van der Waals surface area contributed by atoms with Gasteiger partial charge in [-0.15, -0.1) is 0 Å². The highest BCUT2D eigenvalue weighted by atomic mass is 16.4. The first-order valence-corrected chi connectivity index (χ1v) is 10.9. The first-order chi connectivity index (χ1) is 13.6. The summed E-state index contributed by atoms with van der Waals surface area (Å²) < 4.78 is 0. The van der Waals surface area contributed by atoms with Crippen molar-refractivity contribution < 1.29 is 19.5 Å². The van der Waals surface area contributed by atoms with Crippen LogP contribution >= 0.6 is 0 Å². The Kier molecular flexibility index (Phi) is 6.36. The van der Waals surface area contributed by atoms with Crippen molar-refractivity contribution >= 4 is 17.8 Å². The smallest absolute Gasteiger partial charge is 0.330 e. The van der Waals surface area contributed by atoms with Gasteiger partial charge >= 0.3 is 5.97 Å². The third-order valence-electron chi connectivity index (χ3n) is 6.22. The molecule has 3 aliphatic rings. The molecule has 162 valence electrons. The van der Waals surface area contributed by atoms with Crippen molar-refractivity contribution in [3.05, 3.63) is 12.2 Å². The average Bonchev–Trinajstić information content (AvgIpc) is 3.10. The van der Waals surface area contributed by atoms with Crippen LogP contribution in [0.5, 0.6) is 0 Å². The maximum Gasteiger partial charge on any atom is 0.330 e. The molecule has 0 aromatic rings. The van der Waals surface area contributed by atoms with Crippen LogP contribution in [0.4, 0.5) is 0 Å². The van der Waals surface area contributed by atoms with E-state index in [1.807, 2.05) is 32.9 Å². The zero-order valence-electron chi connectivity index (χ0n) is 17.9. The SMILES string of the molecule is CC(C)(C)NC1CCCCC/C=C\C2C[C@@]2(C(=O)O)NC(=O)[C@@H]2CCCN2C1=O. The maximum absolute atomic E-state index is 13.3. The Morgan fingerprint density at radius 3 is 2.66 bits per heavy atom. The van der Waals surface area contributed by atoms with E-state index in [9.17, 15) is 19.5 Å². The number of fused-ring (bicyclic) bond motifs is 2. The largest absolute Gasteiger partial charge is 0.479 e. The Hall–Kier alpha value is -1.89. The van der Waals surface area contributed by atoms with Crippen molar-refractivity contribution in [2.24, 2.45) is 5.92 Å². The van der Waals surface area contributed by atoms with Gasteiger partial charge in [-0.05, 0) is 59.3 Å². The summed E-state index contributed by atoms with van der Waals surface area (Å²) >= 11 is 0. The number of carbonyl (C=O) groups excluding carboxylic acids is 2. The Labute approximate surface area is 173 Å². The van der Waals surface area contributed by atoms with Gasteiger partial charge in [-0.2, -0.15) is 0 Å². The summed E-state index contributed by atoms with van der Waals surface area (Å²) in [5.74, 6) is -1.54. The molecule has 2 amide bonds. The Balaban J connectivity index is 1.83. The molecule has 4 atom stereocenters. The molecule has 2 heterocycles. The minimum absolute atomic E-state index is 0.0395. The van der Waals surface area contributed by atoms with E-state index >= 15 is 0 Å². The molecule has 1 saturated carbocycles. The van der Waals surface area contributed by atoms with E-state index in [1.54, 1.807) is 4.90 Å². The van der Waals surface area contributed by atoms with Gasteiger partial charge in [0.25, 0.3) is 0 Å². The first kappa shape index (κ1) is 21.8. The fourth-order valence-corrected chi connectivity index (χ4v) is 4.60. The lowest BCUT2D eigenvalue weighted by Gasteiger charge is -2.33. The molecule has 29 heavy (non-hydrogen) atoms. The van der Waals surface area contributed by atoms with E-state index in [0.717, 1.165) is 38.5 Å². The van der Waals surface area contributed by atoms with E-state index in [2.05, 4.69) is 10.6 Å². The third-order valence-corrected chi connectivity index (χ3v) is 6.22. The molecule has 1 aliphatic carbocycles. The predicted octanol–water partition coefficient (Wildman–Crippen LogP) is 2.21. The van der Waals surface area contributed by atoms with Crippen LogP contribution < -0.4 is 10.6 Å². The third kappa shape index (κ3) is 5.00. The second-order valence-electron chi connectivity index (χ2n) is 9.78. The standard InChI is InChI=1S/C22H35N3O4/c1-21(2,3)23-16-11-8-6-4-5-7-10-15-14-22(15,20(28)29)24-18(26)17-12-9-13-25(17)19(16)27/h7,10,15-17,23H,4-6,8-9,11-14H2,1-3H3,(H,24,26)(H,28,29)/b10-7-/t15?,16?,17-,22+/m0/s1. The van der Waals surface area contributed by atoms with E-state index in [1.165, 1.54) is 0 Å². The van der Waals surface area contributed by atoms with Gasteiger partial charge in [-0.1, -0.05) is 25.0 Å². The summed E-state index contributed by atoms with van der Waals surface area (Å²) in [6.45, 7) is 6.67. The van der Waals surface area contributed by atoms with Crippen molar-refractivity contribution in [1.82, 2.24) is 15.5 Å². The molecular formula is C22H35N3O4. The number of nitrogens with zero attached hydrogens (tertiary/aromatic N) is 1. The minimum atomic E-state index is -1.21. The first-order valence-electron chi connectivity index (χ1n) is 10.9. The van der Waals surface area contributed by atoms with E-state index < -0.39 is 17.6 Å². The summed E-state index contributed by atoms with van der Waals surface area (Å²) in [7, 11) is 0. The quantitative estimate of drug-likeness (QED) is 0.612. The Morgan fingerprint density at radius 2 is 1.97 bits per heavy atom. The normalized spacial score (nSPS) is 35.0. The summed E-state index contributed by atoms with van der Waals surface area (Å²) in [5, 5.41) is 16.0. The highest BCUT2D eigenvalue weighted by Crippen LogP contribution is 2.45. The molecule has 0 aromatic heterocycles. The summed E-state index contributed by atoms with van der Waals surface area (Å²) in [4.78, 5) is 39.9. The molecule has 0 spiro atoms. The molecule has 0 aromatic carbocycles. The zero-order chi connectivity index (χ0) is 21.2. The second-order valence-corrected chi connectivity index (χ2v) is 9.78. The Morgan fingerprint density at radius 1 is 1.21 bits per heavy atom. The van der Waals surface area contributed by atoms with Gasteiger partial charge < -0.3 is 20.6 Å². The van der Waals surface area contributed by atoms with Gasteiger partial charge in [0.05, 0.1) is 6.04 Å². The molecular weight excluding hydrogens is 370 g/mol. The number of carbonyl (C=O) groups is 3. The maximum atomic E-state index is 13.3. The molecule has 2 aliphatic heterocycles. The lowest BCUT2D eigenvalue weighted by atomic mass is 10.0. The van der Waals surface area contributed by atoms with Crippen LogP contribution in [-0.2, 0) is 14.4 Å². The van der Waals surface area contributed by atoms with Crippen LogP contribution in [0.25, 0.3) is 0 Å². The van der Waals surface area contributed by atoms with Crippen molar-refractivity contribution in [3.8, 4) is 0 Å². The van der Waals surface area contributed by atoms with Gasteiger partial charge in [0.2, 0.25) is 11.8 Å². The molecule has 0 radical (unpaired) electrons. The number of allylic oxidation sites excluding steroid dienone is 1. The molecule has 7 nitrogen and oxygen atoms in total. The lowest BCUT2D eigenvalue weighted by Crippen LogP contribution is -2.57. The molecule has 1 saturated heterocycles. The number of aliphatic carboxylic acids is 1. The highest BCUT2D eigenvalue weighted by Gasteiger charge is 2.61. The highest BCUT2D eigenvalue weighted by molar-refractivity contribution is 5.95. The monoisotopic (exact) mass is 405 g/mol. The number of amides is 2. The van der Waals surface area contributed by atoms with Crippen LogP contribution in [0, 0.1) is 5.92 Å². The number of hydrogen-bond donors (Lipinski definition) is 3. The molecule has 2 unspecified atom stereocenters. The van der Waals surface area contributed by atoms with Crippen molar-refractivity contribution in [2.45, 2.75) is 95.3 Å². The second kappa shape index (κ2) is 8.46. The fraction of sp³-hybridized carbons (Fsp3) is 0.773. The fourth-order valence-electron chi connectivity index (χ4n) is 4.60. The molecule has 2 fully saturated rings. The molecule has 3 rings (SSSR count). The van der Waals surface area contributed by atoms with E-state index in [4.69, 9.17) is 0 Å². The van der Waals surface area contributed by atoms with Gasteiger partial charge in [-0.25, -0.2) is 4.79 Å². The average molecular weight is 406 g/mol. The predicted molar refractivity (Wildman–Crippen MR) is 110 cm³/mol. The summed E-state index contributed by atoms with van der Waals surface area (Å²) in [5.41, 5.74) is -1.42. The number of carboxylic acids is 1. The minimum Gasteiger partial charge on any atom is -0.479 e.